The number of H-pyrrole nitrogens is 1. The quantitative estimate of drug-likeness (QED) is 0.696. The smallest absolute Gasteiger partial charge is 0.356 e. The second-order valence-electron chi connectivity index (χ2n) is 6.82. The van der Waals surface area contributed by atoms with Crippen molar-refractivity contribution in [3.05, 3.63) is 46.3 Å². The molecule has 0 bridgehead atoms. The minimum absolute atomic E-state index is 0.0120. The molecule has 2 aromatic rings. The highest BCUT2D eigenvalue weighted by Gasteiger charge is 2.25. The summed E-state index contributed by atoms with van der Waals surface area (Å²) < 4.78 is 0. The van der Waals surface area contributed by atoms with Crippen molar-refractivity contribution in [1.29, 1.82) is 0 Å². The fraction of sp³-hybridized carbons (Fsp3) is 0.450. The highest BCUT2D eigenvalue weighted by Crippen LogP contribution is 2.23. The van der Waals surface area contributed by atoms with Crippen LogP contribution in [0.3, 0.4) is 0 Å². The van der Waals surface area contributed by atoms with Gasteiger partial charge in [0, 0.05) is 49.4 Å². The van der Waals surface area contributed by atoms with Gasteiger partial charge in [0.15, 0.2) is 5.69 Å². The number of carboxylic acid groups (broad SMARTS) is 1. The molecule has 1 aromatic carbocycles. The van der Waals surface area contributed by atoms with Crippen molar-refractivity contribution in [1.82, 2.24) is 15.1 Å². The van der Waals surface area contributed by atoms with E-state index in [0.29, 0.717) is 19.5 Å². The standard InChI is InChI=1S/C20H26N4O3/c1-3-13-6-5-7-14(4-2)18(13)21-17(25)9-11-24-10-8-16-15(12-24)19(20(26)27)23-22-16/h5-7H,3-4,8-12H2,1-2H3,(H,21,25)(H,22,23)(H,26,27). The number of rotatable bonds is 7. The van der Waals surface area contributed by atoms with E-state index < -0.39 is 5.97 Å². The number of para-hydroxylation sites is 1. The number of fused-ring (bicyclic) bond motifs is 1. The summed E-state index contributed by atoms with van der Waals surface area (Å²) in [6, 6.07) is 6.13. The molecule has 3 N–H and O–H groups in total. The topological polar surface area (TPSA) is 98.3 Å². The highest BCUT2D eigenvalue weighted by molar-refractivity contribution is 5.92. The Morgan fingerprint density at radius 2 is 1.96 bits per heavy atom. The van der Waals surface area contributed by atoms with Gasteiger partial charge in [0.1, 0.15) is 0 Å². The van der Waals surface area contributed by atoms with E-state index in [-0.39, 0.29) is 11.6 Å². The number of amides is 1. The molecule has 0 radical (unpaired) electrons. The molecule has 0 fully saturated rings. The molecule has 144 valence electrons. The Hall–Kier alpha value is -2.67. The van der Waals surface area contributed by atoms with Crippen molar-refractivity contribution in [2.75, 3.05) is 18.4 Å². The molecule has 0 unspecified atom stereocenters. The normalized spacial score (nSPS) is 14.0. The summed E-state index contributed by atoms with van der Waals surface area (Å²) in [5.41, 5.74) is 4.95. The number of hydrogen-bond acceptors (Lipinski definition) is 4. The van der Waals surface area contributed by atoms with Crippen molar-refractivity contribution < 1.29 is 14.7 Å². The van der Waals surface area contributed by atoms with Crippen molar-refractivity contribution in [3.8, 4) is 0 Å². The van der Waals surface area contributed by atoms with Gasteiger partial charge in [-0.2, -0.15) is 5.10 Å². The van der Waals surface area contributed by atoms with Gasteiger partial charge >= 0.3 is 5.97 Å². The Bertz CT molecular complexity index is 821. The lowest BCUT2D eigenvalue weighted by Crippen LogP contribution is -2.33. The van der Waals surface area contributed by atoms with Crippen LogP contribution in [-0.4, -0.2) is 45.2 Å². The molecule has 1 aromatic heterocycles. The fourth-order valence-electron chi connectivity index (χ4n) is 3.58. The number of benzene rings is 1. The average Bonchev–Trinajstić information content (AvgIpc) is 3.10. The lowest BCUT2D eigenvalue weighted by Gasteiger charge is -2.26. The zero-order valence-electron chi connectivity index (χ0n) is 15.8. The summed E-state index contributed by atoms with van der Waals surface area (Å²) in [5.74, 6) is -1.03. The predicted molar refractivity (Wildman–Crippen MR) is 103 cm³/mol. The van der Waals surface area contributed by atoms with E-state index in [1.54, 1.807) is 0 Å². The monoisotopic (exact) mass is 370 g/mol. The Morgan fingerprint density at radius 1 is 1.26 bits per heavy atom. The van der Waals surface area contributed by atoms with E-state index in [1.807, 2.05) is 18.2 Å². The van der Waals surface area contributed by atoms with Gasteiger partial charge in [-0.3, -0.25) is 14.8 Å². The molecular weight excluding hydrogens is 344 g/mol. The van der Waals surface area contributed by atoms with Crippen LogP contribution < -0.4 is 5.32 Å². The van der Waals surface area contributed by atoms with Gasteiger partial charge in [-0.15, -0.1) is 0 Å². The van der Waals surface area contributed by atoms with E-state index in [2.05, 4.69) is 34.3 Å². The van der Waals surface area contributed by atoms with Gasteiger partial charge in [-0.25, -0.2) is 4.79 Å². The van der Waals surface area contributed by atoms with Crippen molar-refractivity contribution >= 4 is 17.6 Å². The van der Waals surface area contributed by atoms with E-state index in [4.69, 9.17) is 0 Å². The molecule has 0 saturated heterocycles. The zero-order valence-corrected chi connectivity index (χ0v) is 15.8. The Morgan fingerprint density at radius 3 is 2.59 bits per heavy atom. The summed E-state index contributed by atoms with van der Waals surface area (Å²) >= 11 is 0. The molecule has 2 heterocycles. The molecule has 1 aliphatic heterocycles. The summed E-state index contributed by atoms with van der Waals surface area (Å²) in [7, 11) is 0. The van der Waals surface area contributed by atoms with Gasteiger partial charge in [-0.05, 0) is 24.0 Å². The second kappa shape index (κ2) is 8.35. The number of aromatic amines is 1. The van der Waals surface area contributed by atoms with Crippen molar-refractivity contribution in [3.63, 3.8) is 0 Å². The Balaban J connectivity index is 1.61. The lowest BCUT2D eigenvalue weighted by atomic mass is 10.0. The molecule has 1 aliphatic rings. The summed E-state index contributed by atoms with van der Waals surface area (Å²) in [6.07, 6.45) is 2.83. The number of aromatic nitrogens is 2. The summed E-state index contributed by atoms with van der Waals surface area (Å²) in [6.45, 7) is 6.05. The van der Waals surface area contributed by atoms with Crippen LogP contribution >= 0.6 is 0 Å². The van der Waals surface area contributed by atoms with Crippen LogP contribution in [0.1, 0.15) is 53.1 Å². The van der Waals surface area contributed by atoms with Gasteiger partial charge in [-0.1, -0.05) is 32.0 Å². The molecule has 3 rings (SSSR count). The van der Waals surface area contributed by atoms with E-state index in [9.17, 15) is 14.7 Å². The number of anilines is 1. The van der Waals surface area contributed by atoms with E-state index in [0.717, 1.165) is 53.9 Å². The molecule has 0 spiro atoms. The minimum atomic E-state index is -1.02. The molecule has 0 saturated carbocycles. The average molecular weight is 370 g/mol. The first-order valence-corrected chi connectivity index (χ1v) is 9.45. The van der Waals surface area contributed by atoms with Gasteiger partial charge < -0.3 is 10.4 Å². The lowest BCUT2D eigenvalue weighted by molar-refractivity contribution is -0.116. The third kappa shape index (κ3) is 4.19. The number of aryl methyl sites for hydroxylation is 2. The third-order valence-electron chi connectivity index (χ3n) is 5.13. The first kappa shape index (κ1) is 19.1. The van der Waals surface area contributed by atoms with Crippen LogP contribution in [0.5, 0.6) is 0 Å². The maximum atomic E-state index is 12.5. The van der Waals surface area contributed by atoms with E-state index in [1.165, 1.54) is 0 Å². The molecule has 7 nitrogen and oxygen atoms in total. The third-order valence-corrected chi connectivity index (χ3v) is 5.13. The Kier molecular flexibility index (Phi) is 5.91. The van der Waals surface area contributed by atoms with Gasteiger partial charge in [0.2, 0.25) is 5.91 Å². The van der Waals surface area contributed by atoms with Crippen LogP contribution in [0, 0.1) is 0 Å². The van der Waals surface area contributed by atoms with Gasteiger partial charge in [0.25, 0.3) is 0 Å². The fourth-order valence-corrected chi connectivity index (χ4v) is 3.58. The highest BCUT2D eigenvalue weighted by atomic mass is 16.4. The molecule has 27 heavy (non-hydrogen) atoms. The minimum Gasteiger partial charge on any atom is -0.476 e. The maximum Gasteiger partial charge on any atom is 0.356 e. The van der Waals surface area contributed by atoms with Crippen molar-refractivity contribution in [2.45, 2.75) is 46.1 Å². The maximum absolute atomic E-state index is 12.5. The number of carbonyl (C=O) groups is 2. The van der Waals surface area contributed by atoms with Gasteiger partial charge in [0.05, 0.1) is 0 Å². The van der Waals surface area contributed by atoms with Crippen LogP contribution in [0.2, 0.25) is 0 Å². The largest absolute Gasteiger partial charge is 0.476 e. The Labute approximate surface area is 158 Å². The molecular formula is C20H26N4O3. The second-order valence-corrected chi connectivity index (χ2v) is 6.82. The van der Waals surface area contributed by atoms with Crippen molar-refractivity contribution in [2.24, 2.45) is 0 Å². The molecule has 0 atom stereocenters. The van der Waals surface area contributed by atoms with Crippen LogP contribution in [-0.2, 0) is 30.6 Å². The molecule has 7 heteroatoms. The SMILES string of the molecule is CCc1cccc(CC)c1NC(=O)CCN1CCc2[nH]nc(C(=O)O)c2C1. The number of carboxylic acids is 1. The zero-order chi connectivity index (χ0) is 19.4. The summed E-state index contributed by atoms with van der Waals surface area (Å²) in [4.78, 5) is 25.9. The number of carbonyl (C=O) groups excluding carboxylic acids is 1. The first-order valence-electron chi connectivity index (χ1n) is 9.45. The molecule has 0 aliphatic carbocycles. The number of nitrogens with zero attached hydrogens (tertiary/aromatic N) is 2. The predicted octanol–water partition coefficient (Wildman–Crippen LogP) is 2.62. The number of hydrogen-bond donors (Lipinski definition) is 3. The summed E-state index contributed by atoms with van der Waals surface area (Å²) in [5, 5.41) is 19.0. The van der Waals surface area contributed by atoms with Crippen LogP contribution in [0.15, 0.2) is 18.2 Å². The van der Waals surface area contributed by atoms with Crippen LogP contribution in [0.4, 0.5) is 5.69 Å². The van der Waals surface area contributed by atoms with E-state index >= 15 is 0 Å². The van der Waals surface area contributed by atoms with Crippen LogP contribution in [0.25, 0.3) is 0 Å². The number of nitrogens with one attached hydrogen (secondary N) is 2. The number of aromatic carboxylic acids is 1. The first-order chi connectivity index (χ1) is 13.0. The molecule has 1 amide bonds.